The largest absolute Gasteiger partial charge is 0.508 e. The van der Waals surface area contributed by atoms with Gasteiger partial charge in [0.05, 0.1) is 12.2 Å². The van der Waals surface area contributed by atoms with Gasteiger partial charge in [0.1, 0.15) is 5.75 Å². The van der Waals surface area contributed by atoms with Crippen LogP contribution in [0.25, 0.3) is 11.1 Å². The zero-order chi connectivity index (χ0) is 13.7. The van der Waals surface area contributed by atoms with E-state index < -0.39 is 0 Å². The fourth-order valence-electron chi connectivity index (χ4n) is 1.73. The third-order valence-corrected chi connectivity index (χ3v) is 2.76. The van der Waals surface area contributed by atoms with Crippen LogP contribution in [0.5, 0.6) is 5.75 Å². The van der Waals surface area contributed by atoms with Crippen molar-refractivity contribution in [3.05, 3.63) is 54.1 Å². The third kappa shape index (κ3) is 3.35. The van der Waals surface area contributed by atoms with Crippen molar-refractivity contribution in [2.45, 2.75) is 13.3 Å². The lowest BCUT2D eigenvalue weighted by atomic mass is 10.0. The van der Waals surface area contributed by atoms with E-state index in [1.165, 1.54) is 0 Å². The molecule has 2 aromatic rings. The monoisotopic (exact) mass is 256 g/mol. The van der Waals surface area contributed by atoms with E-state index in [1.54, 1.807) is 24.3 Å². The zero-order valence-corrected chi connectivity index (χ0v) is 10.8. The van der Waals surface area contributed by atoms with Gasteiger partial charge in [-0.05, 0) is 41.8 Å². The maximum Gasteiger partial charge on any atom is 0.338 e. The lowest BCUT2D eigenvalue weighted by molar-refractivity contribution is 0.0505. The molecule has 0 aliphatic carbocycles. The predicted molar refractivity (Wildman–Crippen MR) is 74.1 cm³/mol. The van der Waals surface area contributed by atoms with Crippen LogP contribution in [0.4, 0.5) is 0 Å². The van der Waals surface area contributed by atoms with E-state index in [0.29, 0.717) is 12.2 Å². The second-order valence-corrected chi connectivity index (χ2v) is 4.26. The molecule has 0 atom stereocenters. The van der Waals surface area contributed by atoms with Crippen LogP contribution < -0.4 is 0 Å². The highest BCUT2D eigenvalue weighted by Gasteiger charge is 2.06. The van der Waals surface area contributed by atoms with Gasteiger partial charge in [0.25, 0.3) is 0 Å². The Labute approximate surface area is 112 Å². The second-order valence-electron chi connectivity index (χ2n) is 4.26. The molecule has 0 aliphatic heterocycles. The van der Waals surface area contributed by atoms with Crippen LogP contribution >= 0.6 is 0 Å². The van der Waals surface area contributed by atoms with Crippen molar-refractivity contribution in [3.63, 3.8) is 0 Å². The molecule has 0 aromatic heterocycles. The van der Waals surface area contributed by atoms with Crippen LogP contribution in [0, 0.1) is 0 Å². The van der Waals surface area contributed by atoms with E-state index in [-0.39, 0.29) is 11.7 Å². The maximum atomic E-state index is 11.6. The SMILES string of the molecule is CCCOC(=O)c1ccc(-c2ccc(O)cc2)cc1. The molecule has 0 saturated heterocycles. The van der Waals surface area contributed by atoms with Gasteiger partial charge in [0.15, 0.2) is 0 Å². The zero-order valence-electron chi connectivity index (χ0n) is 10.8. The minimum Gasteiger partial charge on any atom is -0.508 e. The molecule has 0 heterocycles. The van der Waals surface area contributed by atoms with Crippen molar-refractivity contribution in [2.24, 2.45) is 0 Å². The first kappa shape index (κ1) is 13.1. The molecule has 98 valence electrons. The third-order valence-electron chi connectivity index (χ3n) is 2.76. The van der Waals surface area contributed by atoms with Gasteiger partial charge >= 0.3 is 5.97 Å². The summed E-state index contributed by atoms with van der Waals surface area (Å²) >= 11 is 0. The molecular formula is C16H16O3. The van der Waals surface area contributed by atoms with E-state index in [0.717, 1.165) is 17.5 Å². The van der Waals surface area contributed by atoms with Gasteiger partial charge in [-0.1, -0.05) is 31.2 Å². The summed E-state index contributed by atoms with van der Waals surface area (Å²) in [4.78, 5) is 11.6. The van der Waals surface area contributed by atoms with Crippen LogP contribution in [0.15, 0.2) is 48.5 Å². The Bertz CT molecular complexity index is 541. The summed E-state index contributed by atoms with van der Waals surface area (Å²) in [5.41, 5.74) is 2.54. The smallest absolute Gasteiger partial charge is 0.338 e. The second kappa shape index (κ2) is 6.05. The molecule has 0 saturated carbocycles. The van der Waals surface area contributed by atoms with E-state index in [9.17, 15) is 9.90 Å². The number of benzene rings is 2. The summed E-state index contributed by atoms with van der Waals surface area (Å²) in [5.74, 6) is -0.0531. The molecule has 0 bridgehead atoms. The quantitative estimate of drug-likeness (QED) is 0.850. The number of hydrogen-bond acceptors (Lipinski definition) is 3. The van der Waals surface area contributed by atoms with Gasteiger partial charge in [-0.2, -0.15) is 0 Å². The first-order valence-corrected chi connectivity index (χ1v) is 6.27. The summed E-state index contributed by atoms with van der Waals surface area (Å²) < 4.78 is 5.07. The van der Waals surface area contributed by atoms with E-state index in [2.05, 4.69) is 0 Å². The Kier molecular flexibility index (Phi) is 4.18. The summed E-state index contributed by atoms with van der Waals surface area (Å²) in [5, 5.41) is 9.24. The fourth-order valence-corrected chi connectivity index (χ4v) is 1.73. The molecule has 2 rings (SSSR count). The van der Waals surface area contributed by atoms with Crippen molar-refractivity contribution >= 4 is 5.97 Å². The average Bonchev–Trinajstić information content (AvgIpc) is 2.46. The summed E-state index contributed by atoms with van der Waals surface area (Å²) in [6.07, 6.45) is 0.817. The number of ether oxygens (including phenoxy) is 1. The first-order chi connectivity index (χ1) is 9.20. The highest BCUT2D eigenvalue weighted by Crippen LogP contribution is 2.22. The van der Waals surface area contributed by atoms with Gasteiger partial charge in [-0.3, -0.25) is 0 Å². The number of phenolic OH excluding ortho intramolecular Hbond substituents is 1. The van der Waals surface area contributed by atoms with Gasteiger partial charge in [0, 0.05) is 0 Å². The van der Waals surface area contributed by atoms with Gasteiger partial charge in [-0.15, -0.1) is 0 Å². The predicted octanol–water partition coefficient (Wildman–Crippen LogP) is 3.63. The molecule has 2 aromatic carbocycles. The minimum absolute atomic E-state index is 0.239. The van der Waals surface area contributed by atoms with Crippen LogP contribution in [0.2, 0.25) is 0 Å². The minimum atomic E-state index is -0.292. The topological polar surface area (TPSA) is 46.5 Å². The molecule has 3 heteroatoms. The van der Waals surface area contributed by atoms with Gasteiger partial charge in [-0.25, -0.2) is 4.79 Å². The number of hydrogen-bond donors (Lipinski definition) is 1. The van der Waals surface area contributed by atoms with E-state index in [4.69, 9.17) is 4.74 Å². The molecule has 19 heavy (non-hydrogen) atoms. The Hall–Kier alpha value is -2.29. The number of rotatable bonds is 4. The number of esters is 1. The summed E-state index contributed by atoms with van der Waals surface area (Å²) in [6, 6.07) is 14.2. The fraction of sp³-hybridized carbons (Fsp3) is 0.188. The number of carbonyl (C=O) groups excluding carboxylic acids is 1. The lowest BCUT2D eigenvalue weighted by Crippen LogP contribution is -2.05. The standard InChI is InChI=1S/C16H16O3/c1-2-11-19-16(18)14-5-3-12(4-6-14)13-7-9-15(17)10-8-13/h3-10,17H,2,11H2,1H3. The molecular weight excluding hydrogens is 240 g/mol. The van der Waals surface area contributed by atoms with E-state index in [1.807, 2.05) is 31.2 Å². The number of phenols is 1. The molecule has 0 fully saturated rings. The first-order valence-electron chi connectivity index (χ1n) is 6.27. The number of aromatic hydroxyl groups is 1. The van der Waals surface area contributed by atoms with Crippen molar-refractivity contribution in [1.29, 1.82) is 0 Å². The number of carbonyl (C=O) groups is 1. The average molecular weight is 256 g/mol. The Morgan fingerprint density at radius 3 is 2.05 bits per heavy atom. The van der Waals surface area contributed by atoms with Crippen molar-refractivity contribution < 1.29 is 14.6 Å². The molecule has 0 aliphatic rings. The highest BCUT2D eigenvalue weighted by atomic mass is 16.5. The lowest BCUT2D eigenvalue weighted by Gasteiger charge is -2.05. The van der Waals surface area contributed by atoms with Gasteiger partial charge in [0.2, 0.25) is 0 Å². The van der Waals surface area contributed by atoms with E-state index >= 15 is 0 Å². The highest BCUT2D eigenvalue weighted by molar-refractivity contribution is 5.90. The normalized spacial score (nSPS) is 10.2. The van der Waals surface area contributed by atoms with Crippen molar-refractivity contribution in [2.75, 3.05) is 6.61 Å². The van der Waals surface area contributed by atoms with Crippen LogP contribution in [0.3, 0.4) is 0 Å². The van der Waals surface area contributed by atoms with Crippen molar-refractivity contribution in [3.8, 4) is 16.9 Å². The summed E-state index contributed by atoms with van der Waals surface area (Å²) in [6.45, 7) is 2.40. The van der Waals surface area contributed by atoms with Crippen LogP contribution in [0.1, 0.15) is 23.7 Å². The van der Waals surface area contributed by atoms with Gasteiger partial charge < -0.3 is 9.84 Å². The van der Waals surface area contributed by atoms with Crippen LogP contribution in [-0.4, -0.2) is 17.7 Å². The molecule has 0 unspecified atom stereocenters. The van der Waals surface area contributed by atoms with Crippen molar-refractivity contribution in [1.82, 2.24) is 0 Å². The maximum absolute atomic E-state index is 11.6. The molecule has 1 N–H and O–H groups in total. The summed E-state index contributed by atoms with van der Waals surface area (Å²) in [7, 11) is 0. The van der Waals surface area contributed by atoms with Crippen LogP contribution in [-0.2, 0) is 4.74 Å². The molecule has 0 amide bonds. The Morgan fingerprint density at radius 2 is 1.53 bits per heavy atom. The Morgan fingerprint density at radius 1 is 1.00 bits per heavy atom. The molecule has 0 radical (unpaired) electrons. The molecule has 0 spiro atoms. The molecule has 3 nitrogen and oxygen atoms in total. The Balaban J connectivity index is 2.14.